The number of fused-ring (bicyclic) bond motifs is 2. The molecule has 2 fully saturated rings. The summed E-state index contributed by atoms with van der Waals surface area (Å²) < 4.78 is 19.8. The van der Waals surface area contributed by atoms with Crippen LogP contribution in [0.3, 0.4) is 0 Å². The Morgan fingerprint density at radius 2 is 1.97 bits per heavy atom. The summed E-state index contributed by atoms with van der Waals surface area (Å²) in [6.07, 6.45) is 5.94. The molecule has 1 N–H and O–H groups in total. The number of hydrogen-bond donors (Lipinski definition) is 1. The van der Waals surface area contributed by atoms with Crippen LogP contribution in [0.5, 0.6) is 11.5 Å². The molecular formula is C28H28N8O3. The van der Waals surface area contributed by atoms with Crippen molar-refractivity contribution in [2.75, 3.05) is 43.1 Å². The molecule has 0 radical (unpaired) electrons. The Balaban J connectivity index is 1.13. The van der Waals surface area contributed by atoms with Gasteiger partial charge in [-0.1, -0.05) is 0 Å². The van der Waals surface area contributed by atoms with E-state index in [9.17, 15) is 0 Å². The summed E-state index contributed by atoms with van der Waals surface area (Å²) in [4.78, 5) is 24.9. The Morgan fingerprint density at radius 1 is 1.03 bits per heavy atom. The van der Waals surface area contributed by atoms with Gasteiger partial charge in [0, 0.05) is 38.4 Å². The van der Waals surface area contributed by atoms with Crippen molar-refractivity contribution in [3.8, 4) is 11.5 Å². The van der Waals surface area contributed by atoms with E-state index >= 15 is 0 Å². The van der Waals surface area contributed by atoms with Crippen molar-refractivity contribution >= 4 is 39.5 Å². The maximum atomic E-state index is 6.18. The molecule has 2 aromatic carbocycles. The number of hydrogen-bond acceptors (Lipinski definition) is 10. The van der Waals surface area contributed by atoms with E-state index in [2.05, 4.69) is 30.2 Å². The quantitative estimate of drug-likeness (QED) is 0.360. The molecule has 0 saturated carbocycles. The molecule has 0 amide bonds. The lowest BCUT2D eigenvalue weighted by atomic mass is 10.0. The number of nitrogens with zero attached hydrogens (tertiary/aromatic N) is 7. The Morgan fingerprint density at radius 3 is 2.85 bits per heavy atom. The summed E-state index contributed by atoms with van der Waals surface area (Å²) >= 11 is 0. The predicted octanol–water partition coefficient (Wildman–Crippen LogP) is 4.15. The van der Waals surface area contributed by atoms with E-state index in [1.807, 2.05) is 54.9 Å². The fourth-order valence-corrected chi connectivity index (χ4v) is 5.22. The number of aryl methyl sites for hydroxylation is 2. The number of morpholine rings is 1. The molecule has 0 unspecified atom stereocenters. The second-order valence-electron chi connectivity index (χ2n) is 10.1. The molecule has 1 atom stereocenters. The highest BCUT2D eigenvalue weighted by molar-refractivity contribution is 5.87. The minimum atomic E-state index is -0.282. The van der Waals surface area contributed by atoms with Crippen molar-refractivity contribution in [3.63, 3.8) is 0 Å². The van der Waals surface area contributed by atoms with Gasteiger partial charge in [0.05, 0.1) is 43.3 Å². The molecule has 198 valence electrons. The monoisotopic (exact) mass is 524 g/mol. The zero-order chi connectivity index (χ0) is 26.4. The summed E-state index contributed by atoms with van der Waals surface area (Å²) in [6, 6.07) is 11.8. The summed E-state index contributed by atoms with van der Waals surface area (Å²) in [7, 11) is 1.98. The van der Waals surface area contributed by atoms with Crippen molar-refractivity contribution in [2.24, 2.45) is 7.05 Å². The number of aromatic nitrogens is 6. The smallest absolute Gasteiger partial charge is 0.226 e. The lowest BCUT2D eigenvalue weighted by molar-refractivity contribution is -0.0583. The highest BCUT2D eigenvalue weighted by Gasteiger charge is 2.41. The van der Waals surface area contributed by atoms with Gasteiger partial charge in [0.1, 0.15) is 34.5 Å². The third-order valence-corrected chi connectivity index (χ3v) is 7.33. The van der Waals surface area contributed by atoms with Gasteiger partial charge in [0.2, 0.25) is 5.95 Å². The first-order chi connectivity index (χ1) is 19.1. The third-order valence-electron chi connectivity index (χ3n) is 7.33. The molecular weight excluding hydrogens is 496 g/mol. The molecule has 7 rings (SSSR count). The second kappa shape index (κ2) is 9.44. The Hall–Kier alpha value is -4.35. The van der Waals surface area contributed by atoms with Gasteiger partial charge < -0.3 is 29.0 Å². The second-order valence-corrected chi connectivity index (χ2v) is 10.1. The van der Waals surface area contributed by atoms with Crippen molar-refractivity contribution in [3.05, 3.63) is 60.8 Å². The zero-order valence-corrected chi connectivity index (χ0v) is 21.8. The number of anilines is 3. The summed E-state index contributed by atoms with van der Waals surface area (Å²) in [5, 5.41) is 3.41. The summed E-state index contributed by atoms with van der Waals surface area (Å²) in [6.45, 7) is 5.37. The SMILES string of the molecule is Cc1cc(Nc2ncnc3cnc(N4CCO[C@]5(CCOC5)C4)nc23)ccc1Oc1ccc2c(c1)ncn2C. The van der Waals surface area contributed by atoms with Gasteiger partial charge in [-0.05, 0) is 42.8 Å². The number of nitrogens with one attached hydrogen (secondary N) is 1. The molecule has 5 aromatic rings. The molecule has 2 aliphatic heterocycles. The standard InChI is InChI=1S/C28H28N8O3/c1-18-11-19(3-6-24(18)39-20-4-5-23-21(12-20)32-17-35(23)2)33-26-25-22(30-16-31-26)13-29-27(34-25)36-8-10-38-28(14-36)7-9-37-15-28/h3-6,11-13,16-17H,7-10,14-15H2,1-2H3,(H,30,31,33)/t28-/m1/s1. The minimum Gasteiger partial charge on any atom is -0.457 e. The maximum Gasteiger partial charge on any atom is 0.226 e. The van der Waals surface area contributed by atoms with Gasteiger partial charge in [-0.3, -0.25) is 0 Å². The highest BCUT2D eigenvalue weighted by atomic mass is 16.6. The van der Waals surface area contributed by atoms with E-state index in [0.717, 1.165) is 53.4 Å². The Labute approximate surface area is 224 Å². The van der Waals surface area contributed by atoms with Gasteiger partial charge in [0.15, 0.2) is 5.82 Å². The predicted molar refractivity (Wildman–Crippen MR) is 147 cm³/mol. The molecule has 0 bridgehead atoms. The van der Waals surface area contributed by atoms with Gasteiger partial charge in [-0.2, -0.15) is 0 Å². The Bertz CT molecular complexity index is 1680. The first-order valence-corrected chi connectivity index (χ1v) is 13.0. The average Bonchev–Trinajstić information content (AvgIpc) is 3.56. The number of ether oxygens (including phenoxy) is 3. The minimum absolute atomic E-state index is 0.282. The van der Waals surface area contributed by atoms with Crippen LogP contribution in [-0.2, 0) is 16.5 Å². The lowest BCUT2D eigenvalue weighted by Crippen LogP contribution is -2.53. The van der Waals surface area contributed by atoms with E-state index in [4.69, 9.17) is 19.2 Å². The first kappa shape index (κ1) is 23.7. The van der Waals surface area contributed by atoms with Crippen LogP contribution >= 0.6 is 0 Å². The van der Waals surface area contributed by atoms with Gasteiger partial charge in [-0.15, -0.1) is 0 Å². The zero-order valence-electron chi connectivity index (χ0n) is 21.8. The molecule has 2 saturated heterocycles. The maximum absolute atomic E-state index is 6.18. The van der Waals surface area contributed by atoms with Crippen molar-refractivity contribution in [1.29, 1.82) is 0 Å². The average molecular weight is 525 g/mol. The van der Waals surface area contributed by atoms with Crippen LogP contribution in [0.25, 0.3) is 22.1 Å². The molecule has 3 aromatic heterocycles. The Kier molecular flexibility index (Phi) is 5.75. The van der Waals surface area contributed by atoms with Crippen molar-refractivity contribution < 1.29 is 14.2 Å². The van der Waals surface area contributed by atoms with Crippen LogP contribution in [-0.4, -0.2) is 68.0 Å². The van der Waals surface area contributed by atoms with Crippen LogP contribution in [0.2, 0.25) is 0 Å². The van der Waals surface area contributed by atoms with E-state index in [1.165, 1.54) is 6.33 Å². The third kappa shape index (κ3) is 4.49. The number of rotatable bonds is 5. The van der Waals surface area contributed by atoms with Crippen LogP contribution in [0.1, 0.15) is 12.0 Å². The van der Waals surface area contributed by atoms with Crippen LogP contribution in [0, 0.1) is 6.92 Å². The molecule has 2 aliphatic rings. The molecule has 0 aliphatic carbocycles. The first-order valence-electron chi connectivity index (χ1n) is 13.0. The van der Waals surface area contributed by atoms with Crippen LogP contribution in [0.15, 0.2) is 55.2 Å². The normalized spacial score (nSPS) is 19.3. The fraction of sp³-hybridized carbons (Fsp3) is 0.321. The fourth-order valence-electron chi connectivity index (χ4n) is 5.22. The van der Waals surface area contributed by atoms with Crippen LogP contribution < -0.4 is 15.0 Å². The van der Waals surface area contributed by atoms with Gasteiger partial charge >= 0.3 is 0 Å². The van der Waals surface area contributed by atoms with Crippen LogP contribution in [0.4, 0.5) is 17.5 Å². The highest BCUT2D eigenvalue weighted by Crippen LogP contribution is 2.32. The molecule has 5 heterocycles. The van der Waals surface area contributed by atoms with Crippen molar-refractivity contribution in [2.45, 2.75) is 18.9 Å². The number of imidazole rings is 1. The topological polar surface area (TPSA) is 112 Å². The van der Waals surface area contributed by atoms with Crippen molar-refractivity contribution in [1.82, 2.24) is 29.5 Å². The van der Waals surface area contributed by atoms with E-state index in [0.29, 0.717) is 42.6 Å². The lowest BCUT2D eigenvalue weighted by Gasteiger charge is -2.39. The van der Waals surface area contributed by atoms with Gasteiger partial charge in [-0.25, -0.2) is 24.9 Å². The largest absolute Gasteiger partial charge is 0.457 e. The molecule has 1 spiro atoms. The van der Waals surface area contributed by atoms with Gasteiger partial charge in [0.25, 0.3) is 0 Å². The summed E-state index contributed by atoms with van der Waals surface area (Å²) in [5.74, 6) is 2.76. The van der Waals surface area contributed by atoms with E-state index < -0.39 is 0 Å². The molecule has 39 heavy (non-hydrogen) atoms. The van der Waals surface area contributed by atoms with E-state index in [-0.39, 0.29) is 5.60 Å². The summed E-state index contributed by atoms with van der Waals surface area (Å²) in [5.41, 5.74) is 4.85. The van der Waals surface area contributed by atoms with E-state index in [1.54, 1.807) is 12.5 Å². The number of benzene rings is 2. The molecule has 11 nitrogen and oxygen atoms in total. The molecule has 11 heteroatoms.